The van der Waals surface area contributed by atoms with Crippen molar-refractivity contribution in [3.05, 3.63) is 65.4 Å². The first kappa shape index (κ1) is 18.1. The maximum absolute atomic E-state index is 12.5. The first-order valence-electron chi connectivity index (χ1n) is 9.52. The van der Waals surface area contributed by atoms with Crippen LogP contribution >= 0.6 is 0 Å². The van der Waals surface area contributed by atoms with Gasteiger partial charge in [-0.25, -0.2) is 4.79 Å². The van der Waals surface area contributed by atoms with Crippen LogP contribution in [0.2, 0.25) is 0 Å². The normalized spacial score (nSPS) is 13.8. The maximum atomic E-state index is 12.5. The molecule has 2 heterocycles. The number of fused-ring (bicyclic) bond motifs is 1. The molecule has 1 saturated heterocycles. The lowest BCUT2D eigenvalue weighted by Crippen LogP contribution is -2.23. The van der Waals surface area contributed by atoms with Gasteiger partial charge in [0.05, 0.1) is 13.0 Å². The van der Waals surface area contributed by atoms with Crippen molar-refractivity contribution in [2.24, 2.45) is 0 Å². The summed E-state index contributed by atoms with van der Waals surface area (Å²) in [5, 5.41) is 4.04. The zero-order valence-corrected chi connectivity index (χ0v) is 15.8. The van der Waals surface area contributed by atoms with E-state index in [0.717, 1.165) is 34.1 Å². The summed E-state index contributed by atoms with van der Waals surface area (Å²) < 4.78 is 4.94. The van der Waals surface area contributed by atoms with E-state index >= 15 is 0 Å². The van der Waals surface area contributed by atoms with Gasteiger partial charge in [-0.3, -0.25) is 4.79 Å². The Hall–Kier alpha value is -3.28. The van der Waals surface area contributed by atoms with Gasteiger partial charge in [0, 0.05) is 29.3 Å². The van der Waals surface area contributed by atoms with Crippen molar-refractivity contribution in [3.8, 4) is 0 Å². The van der Waals surface area contributed by atoms with Crippen LogP contribution in [0.5, 0.6) is 0 Å². The summed E-state index contributed by atoms with van der Waals surface area (Å²) in [6.07, 6.45) is 2.91. The number of nitrogens with zero attached hydrogens (tertiary/aromatic N) is 1. The lowest BCUT2D eigenvalue weighted by atomic mass is 10.1. The second-order valence-electron chi connectivity index (χ2n) is 6.96. The molecular weight excluding hydrogens is 354 g/mol. The van der Waals surface area contributed by atoms with Crippen molar-refractivity contribution in [2.45, 2.75) is 26.3 Å². The molecule has 6 heteroatoms. The molecule has 2 N–H and O–H groups in total. The molecule has 0 spiro atoms. The number of aryl methyl sites for hydroxylation is 1. The Morgan fingerprint density at radius 3 is 2.71 bits per heavy atom. The van der Waals surface area contributed by atoms with Gasteiger partial charge in [-0.1, -0.05) is 37.3 Å². The number of hydrogen-bond donors (Lipinski definition) is 2. The number of anilines is 1. The molecule has 144 valence electrons. The number of para-hydroxylation sites is 1. The summed E-state index contributed by atoms with van der Waals surface area (Å²) >= 11 is 0. The molecule has 1 aliphatic rings. The van der Waals surface area contributed by atoms with Crippen LogP contribution < -0.4 is 5.32 Å². The first-order valence-corrected chi connectivity index (χ1v) is 9.52. The lowest BCUT2D eigenvalue weighted by molar-refractivity contribution is -0.115. The van der Waals surface area contributed by atoms with Gasteiger partial charge < -0.3 is 19.9 Å². The van der Waals surface area contributed by atoms with E-state index in [-0.39, 0.29) is 12.0 Å². The van der Waals surface area contributed by atoms with E-state index in [0.29, 0.717) is 26.1 Å². The molecule has 1 aliphatic heterocycles. The summed E-state index contributed by atoms with van der Waals surface area (Å²) in [5.41, 5.74) is 5.10. The standard InChI is InChI=1S/C22H23N3O3/c1-2-16-4-3-5-19-17(13-23-21(16)19)12-20(26)24-18-8-6-15(7-9-18)14-25-10-11-28-22(25)27/h3-9,13,23H,2,10-12,14H2,1H3,(H,24,26). The number of amides is 2. The zero-order valence-electron chi connectivity index (χ0n) is 15.8. The van der Waals surface area contributed by atoms with Crippen molar-refractivity contribution in [1.29, 1.82) is 0 Å². The average molecular weight is 377 g/mol. The predicted molar refractivity (Wildman–Crippen MR) is 108 cm³/mol. The number of aromatic nitrogens is 1. The fraction of sp³-hybridized carbons (Fsp3) is 0.273. The van der Waals surface area contributed by atoms with E-state index in [2.05, 4.69) is 23.3 Å². The summed E-state index contributed by atoms with van der Waals surface area (Å²) in [7, 11) is 0. The van der Waals surface area contributed by atoms with Crippen LogP contribution in [0.1, 0.15) is 23.6 Å². The molecule has 3 aromatic rings. The number of H-pyrrole nitrogens is 1. The van der Waals surface area contributed by atoms with Gasteiger partial charge in [-0.05, 0) is 35.2 Å². The first-order chi connectivity index (χ1) is 13.6. The van der Waals surface area contributed by atoms with Crippen molar-refractivity contribution in [3.63, 3.8) is 0 Å². The molecule has 0 saturated carbocycles. The monoisotopic (exact) mass is 377 g/mol. The summed E-state index contributed by atoms with van der Waals surface area (Å²) in [5.74, 6) is -0.0568. The molecule has 0 atom stereocenters. The van der Waals surface area contributed by atoms with E-state index in [9.17, 15) is 9.59 Å². The predicted octanol–water partition coefficient (Wildman–Crippen LogP) is 3.86. The van der Waals surface area contributed by atoms with E-state index in [1.807, 2.05) is 42.6 Å². The molecule has 0 radical (unpaired) electrons. The van der Waals surface area contributed by atoms with E-state index in [1.54, 1.807) is 4.90 Å². The largest absolute Gasteiger partial charge is 0.448 e. The summed E-state index contributed by atoms with van der Waals surface area (Å²) in [6.45, 7) is 3.70. The van der Waals surface area contributed by atoms with Gasteiger partial charge in [0.1, 0.15) is 6.61 Å². The number of carbonyl (C=O) groups is 2. The SMILES string of the molecule is CCc1cccc2c(CC(=O)Nc3ccc(CN4CCOC4=O)cc3)c[nH]c12. The topological polar surface area (TPSA) is 74.4 Å². The molecular formula is C22H23N3O3. The van der Waals surface area contributed by atoms with Gasteiger partial charge in [0.15, 0.2) is 0 Å². The van der Waals surface area contributed by atoms with Crippen molar-refractivity contribution < 1.29 is 14.3 Å². The number of benzene rings is 2. The van der Waals surface area contributed by atoms with E-state index in [4.69, 9.17) is 4.74 Å². The Kier molecular flexibility index (Phi) is 5.02. The number of ether oxygens (including phenoxy) is 1. The zero-order chi connectivity index (χ0) is 19.5. The molecule has 0 aliphatic carbocycles. The number of hydrogen-bond acceptors (Lipinski definition) is 3. The number of cyclic esters (lactones) is 1. The Morgan fingerprint density at radius 2 is 2.00 bits per heavy atom. The minimum atomic E-state index is -0.276. The minimum absolute atomic E-state index is 0.0568. The van der Waals surface area contributed by atoms with Gasteiger partial charge in [-0.15, -0.1) is 0 Å². The Morgan fingerprint density at radius 1 is 1.18 bits per heavy atom. The fourth-order valence-electron chi connectivity index (χ4n) is 3.58. The number of carbonyl (C=O) groups excluding carboxylic acids is 2. The molecule has 0 bridgehead atoms. The molecule has 28 heavy (non-hydrogen) atoms. The average Bonchev–Trinajstić information content (AvgIpc) is 3.29. The van der Waals surface area contributed by atoms with Gasteiger partial charge in [-0.2, -0.15) is 0 Å². The second kappa shape index (κ2) is 7.76. The smallest absolute Gasteiger partial charge is 0.410 e. The van der Waals surface area contributed by atoms with Crippen molar-refractivity contribution in [1.82, 2.24) is 9.88 Å². The Labute approximate surface area is 163 Å². The molecule has 4 rings (SSSR count). The summed E-state index contributed by atoms with van der Waals surface area (Å²) in [4.78, 5) is 29.0. The fourth-order valence-corrected chi connectivity index (χ4v) is 3.58. The van der Waals surface area contributed by atoms with Crippen LogP contribution in [0.3, 0.4) is 0 Å². The van der Waals surface area contributed by atoms with Crippen LogP contribution in [-0.4, -0.2) is 35.0 Å². The lowest BCUT2D eigenvalue weighted by Gasteiger charge is -2.13. The highest BCUT2D eigenvalue weighted by Gasteiger charge is 2.21. The third-order valence-electron chi connectivity index (χ3n) is 5.08. The Balaban J connectivity index is 1.39. The van der Waals surface area contributed by atoms with Crippen LogP contribution in [0.25, 0.3) is 10.9 Å². The van der Waals surface area contributed by atoms with E-state index < -0.39 is 0 Å². The maximum Gasteiger partial charge on any atom is 0.410 e. The minimum Gasteiger partial charge on any atom is -0.448 e. The quantitative estimate of drug-likeness (QED) is 0.685. The van der Waals surface area contributed by atoms with Crippen LogP contribution in [-0.2, 0) is 28.9 Å². The van der Waals surface area contributed by atoms with Crippen molar-refractivity contribution in [2.75, 3.05) is 18.5 Å². The van der Waals surface area contributed by atoms with E-state index in [1.165, 1.54) is 5.56 Å². The third kappa shape index (κ3) is 3.71. The second-order valence-corrected chi connectivity index (χ2v) is 6.96. The highest BCUT2D eigenvalue weighted by atomic mass is 16.6. The van der Waals surface area contributed by atoms with Gasteiger partial charge >= 0.3 is 6.09 Å². The van der Waals surface area contributed by atoms with Crippen LogP contribution in [0.15, 0.2) is 48.7 Å². The molecule has 1 aromatic heterocycles. The van der Waals surface area contributed by atoms with Crippen molar-refractivity contribution >= 4 is 28.6 Å². The Bertz CT molecular complexity index is 1010. The summed E-state index contributed by atoms with van der Waals surface area (Å²) in [6, 6.07) is 13.7. The molecule has 0 unspecified atom stereocenters. The van der Waals surface area contributed by atoms with Gasteiger partial charge in [0.25, 0.3) is 0 Å². The van der Waals surface area contributed by atoms with Crippen LogP contribution in [0, 0.1) is 0 Å². The highest BCUT2D eigenvalue weighted by Crippen LogP contribution is 2.23. The molecule has 2 amide bonds. The van der Waals surface area contributed by atoms with Crippen LogP contribution in [0.4, 0.5) is 10.5 Å². The third-order valence-corrected chi connectivity index (χ3v) is 5.08. The molecule has 2 aromatic carbocycles. The van der Waals surface area contributed by atoms with Gasteiger partial charge in [0.2, 0.25) is 5.91 Å². The highest BCUT2D eigenvalue weighted by molar-refractivity contribution is 5.96. The number of rotatable bonds is 6. The number of aromatic amines is 1. The number of nitrogens with one attached hydrogen (secondary N) is 2. The molecule has 6 nitrogen and oxygen atoms in total. The molecule has 1 fully saturated rings.